The molecule has 1 aliphatic heterocycles. The van der Waals surface area contributed by atoms with Crippen molar-refractivity contribution in [3.63, 3.8) is 0 Å². The molecular weight excluding hydrogens is 200 g/mol. The van der Waals surface area contributed by atoms with Crippen molar-refractivity contribution >= 4 is 5.78 Å². The average Bonchev–Trinajstić information content (AvgIpc) is 2.79. The van der Waals surface area contributed by atoms with Crippen molar-refractivity contribution in [2.75, 3.05) is 6.61 Å². The van der Waals surface area contributed by atoms with E-state index in [1.807, 2.05) is 0 Å². The molecule has 3 rings (SSSR count). The topological polar surface area (TPSA) is 26.3 Å². The largest absolute Gasteiger partial charge is 0.370 e. The number of carbonyl (C=O) groups is 1. The molecule has 0 N–H and O–H groups in total. The molecule has 1 aliphatic carbocycles. The van der Waals surface area contributed by atoms with Crippen molar-refractivity contribution in [2.45, 2.75) is 37.7 Å². The van der Waals surface area contributed by atoms with E-state index in [1.165, 1.54) is 11.1 Å². The number of fused-ring (bicyclic) bond motifs is 1. The Morgan fingerprint density at radius 1 is 1.38 bits per heavy atom. The highest BCUT2D eigenvalue weighted by atomic mass is 16.5. The van der Waals surface area contributed by atoms with Crippen LogP contribution in [0, 0.1) is 0 Å². The molecule has 0 radical (unpaired) electrons. The maximum atomic E-state index is 11.9. The van der Waals surface area contributed by atoms with E-state index in [9.17, 15) is 4.79 Å². The van der Waals surface area contributed by atoms with Gasteiger partial charge in [0.25, 0.3) is 0 Å². The Hall–Kier alpha value is -1.15. The second kappa shape index (κ2) is 4.02. The predicted molar refractivity (Wildman–Crippen MR) is 61.5 cm³/mol. The zero-order valence-corrected chi connectivity index (χ0v) is 9.32. The maximum Gasteiger partial charge on any atom is 0.162 e. The smallest absolute Gasteiger partial charge is 0.162 e. The molecule has 2 nitrogen and oxygen atoms in total. The van der Waals surface area contributed by atoms with Gasteiger partial charge in [-0.2, -0.15) is 0 Å². The fraction of sp³-hybridized carbons (Fsp3) is 0.500. The van der Waals surface area contributed by atoms with Gasteiger partial charge >= 0.3 is 0 Å². The van der Waals surface area contributed by atoms with E-state index in [1.54, 1.807) is 0 Å². The Labute approximate surface area is 95.6 Å². The van der Waals surface area contributed by atoms with Gasteiger partial charge in [-0.15, -0.1) is 0 Å². The molecule has 2 atom stereocenters. The fourth-order valence-corrected chi connectivity index (χ4v) is 2.75. The summed E-state index contributed by atoms with van der Waals surface area (Å²) in [5.41, 5.74) is 2.78. The lowest BCUT2D eigenvalue weighted by atomic mass is 9.74. The van der Waals surface area contributed by atoms with Gasteiger partial charge in [0.05, 0.1) is 0 Å². The van der Waals surface area contributed by atoms with Crippen molar-refractivity contribution in [1.29, 1.82) is 0 Å². The van der Waals surface area contributed by atoms with Crippen LogP contribution in [0.4, 0.5) is 0 Å². The summed E-state index contributed by atoms with van der Waals surface area (Å²) in [6.45, 7) is 0.762. The Bertz CT molecular complexity index is 405. The number of hydrogen-bond donors (Lipinski definition) is 0. The van der Waals surface area contributed by atoms with E-state index in [2.05, 4.69) is 24.3 Å². The first-order chi connectivity index (χ1) is 7.84. The third-order valence-electron chi connectivity index (χ3n) is 3.70. The molecule has 2 aliphatic rings. The lowest BCUT2D eigenvalue weighted by Crippen LogP contribution is -2.26. The molecule has 0 saturated carbocycles. The summed E-state index contributed by atoms with van der Waals surface area (Å²) in [7, 11) is 0. The monoisotopic (exact) mass is 216 g/mol. The van der Waals surface area contributed by atoms with Gasteiger partial charge in [0.1, 0.15) is 6.10 Å². The van der Waals surface area contributed by atoms with Crippen LogP contribution in [-0.2, 0) is 16.0 Å². The summed E-state index contributed by atoms with van der Waals surface area (Å²) in [6, 6.07) is 8.42. The Morgan fingerprint density at radius 2 is 2.25 bits per heavy atom. The van der Waals surface area contributed by atoms with Gasteiger partial charge in [-0.1, -0.05) is 24.3 Å². The number of carbonyl (C=O) groups excluding carboxylic acids is 1. The van der Waals surface area contributed by atoms with Crippen molar-refractivity contribution in [2.24, 2.45) is 0 Å². The van der Waals surface area contributed by atoms with Gasteiger partial charge in [-0.3, -0.25) is 4.79 Å². The zero-order valence-electron chi connectivity index (χ0n) is 9.32. The molecule has 0 spiro atoms. The Balaban J connectivity index is 1.63. The van der Waals surface area contributed by atoms with Crippen LogP contribution < -0.4 is 0 Å². The third kappa shape index (κ3) is 1.67. The minimum Gasteiger partial charge on any atom is -0.370 e. The first-order valence-corrected chi connectivity index (χ1v) is 6.07. The normalized spacial score (nSPS) is 27.2. The van der Waals surface area contributed by atoms with Crippen molar-refractivity contribution in [3.8, 4) is 0 Å². The first-order valence-electron chi connectivity index (χ1n) is 6.07. The maximum absolute atomic E-state index is 11.9. The molecule has 0 aromatic heterocycles. The average molecular weight is 216 g/mol. The van der Waals surface area contributed by atoms with Crippen LogP contribution in [0.25, 0.3) is 0 Å². The fourth-order valence-electron chi connectivity index (χ4n) is 2.75. The standard InChI is InChI=1S/C14H16O2/c15-13(14-6-3-7-16-14)9-11-8-10-4-1-2-5-12(10)11/h1-2,4-5,11,14H,3,6-9H2. The number of Topliss-reactive ketones (excluding diaryl/α,β-unsaturated/α-hetero) is 1. The van der Waals surface area contributed by atoms with Gasteiger partial charge in [0.2, 0.25) is 0 Å². The van der Waals surface area contributed by atoms with Crippen molar-refractivity contribution < 1.29 is 9.53 Å². The number of benzene rings is 1. The molecule has 1 saturated heterocycles. The van der Waals surface area contributed by atoms with Crippen molar-refractivity contribution in [3.05, 3.63) is 35.4 Å². The Kier molecular flexibility index (Phi) is 2.52. The summed E-state index contributed by atoms with van der Waals surface area (Å²) < 4.78 is 5.42. The van der Waals surface area contributed by atoms with Gasteiger partial charge in [0.15, 0.2) is 5.78 Å². The highest BCUT2D eigenvalue weighted by Gasteiger charge is 2.31. The summed E-state index contributed by atoms with van der Waals surface area (Å²) in [6.07, 6.45) is 3.59. The molecule has 2 heteroatoms. The van der Waals surface area contributed by atoms with E-state index in [4.69, 9.17) is 4.74 Å². The highest BCUT2D eigenvalue weighted by Crippen LogP contribution is 2.38. The third-order valence-corrected chi connectivity index (χ3v) is 3.70. The SMILES string of the molecule is O=C(CC1Cc2ccccc21)C1CCCO1. The molecule has 0 amide bonds. The summed E-state index contributed by atoms with van der Waals surface area (Å²) in [5, 5.41) is 0. The van der Waals surface area contributed by atoms with Crippen molar-refractivity contribution in [1.82, 2.24) is 0 Å². The quantitative estimate of drug-likeness (QED) is 0.775. The molecule has 0 bridgehead atoms. The van der Waals surface area contributed by atoms with Crippen LogP contribution in [-0.4, -0.2) is 18.5 Å². The first kappa shape index (κ1) is 10.0. The van der Waals surface area contributed by atoms with Crippen LogP contribution in [0.15, 0.2) is 24.3 Å². The van der Waals surface area contributed by atoms with E-state index < -0.39 is 0 Å². The van der Waals surface area contributed by atoms with Crippen LogP contribution in [0.1, 0.15) is 36.3 Å². The number of rotatable bonds is 3. The zero-order chi connectivity index (χ0) is 11.0. The molecule has 1 fully saturated rings. The molecule has 2 unspecified atom stereocenters. The van der Waals surface area contributed by atoms with Crippen LogP contribution in [0.5, 0.6) is 0 Å². The summed E-state index contributed by atoms with van der Waals surface area (Å²) in [5.74, 6) is 0.755. The number of ether oxygens (including phenoxy) is 1. The van der Waals surface area contributed by atoms with Crippen LogP contribution >= 0.6 is 0 Å². The molecular formula is C14H16O2. The van der Waals surface area contributed by atoms with E-state index in [0.717, 1.165) is 25.9 Å². The lowest BCUT2D eigenvalue weighted by Gasteiger charge is -2.30. The highest BCUT2D eigenvalue weighted by molar-refractivity contribution is 5.84. The van der Waals surface area contributed by atoms with E-state index in [-0.39, 0.29) is 6.10 Å². The Morgan fingerprint density at radius 3 is 3.00 bits per heavy atom. The molecule has 16 heavy (non-hydrogen) atoms. The second-order valence-electron chi connectivity index (χ2n) is 4.77. The van der Waals surface area contributed by atoms with Gasteiger partial charge in [-0.05, 0) is 36.3 Å². The number of ketones is 1. The summed E-state index contributed by atoms with van der Waals surface area (Å²) >= 11 is 0. The van der Waals surface area contributed by atoms with Gasteiger partial charge in [0, 0.05) is 13.0 Å². The molecule has 1 heterocycles. The predicted octanol–water partition coefficient (Wildman–Crippen LogP) is 2.46. The van der Waals surface area contributed by atoms with E-state index >= 15 is 0 Å². The minimum absolute atomic E-state index is 0.104. The van der Waals surface area contributed by atoms with Crippen LogP contribution in [0.2, 0.25) is 0 Å². The minimum atomic E-state index is -0.104. The van der Waals surface area contributed by atoms with Gasteiger partial charge in [-0.25, -0.2) is 0 Å². The van der Waals surface area contributed by atoms with Gasteiger partial charge < -0.3 is 4.74 Å². The lowest BCUT2D eigenvalue weighted by molar-refractivity contribution is -0.128. The molecule has 84 valence electrons. The molecule has 1 aromatic rings. The van der Waals surface area contributed by atoms with E-state index in [0.29, 0.717) is 18.1 Å². The van der Waals surface area contributed by atoms with Crippen LogP contribution in [0.3, 0.4) is 0 Å². The second-order valence-corrected chi connectivity index (χ2v) is 4.77. The number of hydrogen-bond acceptors (Lipinski definition) is 2. The molecule has 1 aromatic carbocycles. The summed E-state index contributed by atoms with van der Waals surface area (Å²) in [4.78, 5) is 11.9.